The molecule has 0 radical (unpaired) electrons. The molecule has 206 valence electrons. The summed E-state index contributed by atoms with van der Waals surface area (Å²) in [5.74, 6) is 7.11. The molecular formula is C26H34N4O7S. The van der Waals surface area contributed by atoms with E-state index < -0.39 is 28.9 Å². The highest BCUT2D eigenvalue weighted by Crippen LogP contribution is 2.16. The van der Waals surface area contributed by atoms with Crippen LogP contribution in [0.4, 0.5) is 4.79 Å². The minimum Gasteiger partial charge on any atom is -0.497 e. The average Bonchev–Trinajstić information content (AvgIpc) is 2.84. The molecule has 0 unspecified atom stereocenters. The first-order valence-electron chi connectivity index (χ1n) is 12.0. The Labute approximate surface area is 225 Å². The molecule has 0 spiro atoms. The first-order chi connectivity index (χ1) is 18.0. The zero-order valence-electron chi connectivity index (χ0n) is 22.3. The summed E-state index contributed by atoms with van der Waals surface area (Å²) in [7, 11) is 1.61. The Hall–Kier alpha value is -3.85. The van der Waals surface area contributed by atoms with Gasteiger partial charge in [0.05, 0.1) is 32.2 Å². The number of amides is 1. The summed E-state index contributed by atoms with van der Waals surface area (Å²) < 4.78 is 16.4. The molecule has 0 aliphatic heterocycles. The zero-order chi connectivity index (χ0) is 28.1. The van der Waals surface area contributed by atoms with Gasteiger partial charge in [0.15, 0.2) is 0 Å². The van der Waals surface area contributed by atoms with Crippen molar-refractivity contribution in [2.45, 2.75) is 39.0 Å². The highest BCUT2D eigenvalue weighted by molar-refractivity contribution is 7.98. The van der Waals surface area contributed by atoms with Crippen molar-refractivity contribution in [3.63, 3.8) is 0 Å². The molecule has 1 heterocycles. The summed E-state index contributed by atoms with van der Waals surface area (Å²) in [6.07, 6.45) is 0.635. The molecule has 11 nitrogen and oxygen atoms in total. The fourth-order valence-electron chi connectivity index (χ4n) is 3.05. The molecule has 1 aromatic heterocycles. The number of H-pyrrole nitrogens is 1. The molecule has 12 heteroatoms. The third kappa shape index (κ3) is 10.6. The lowest BCUT2D eigenvalue weighted by atomic mass is 10.2. The van der Waals surface area contributed by atoms with Crippen LogP contribution >= 0.6 is 11.8 Å². The Morgan fingerprint density at radius 2 is 1.89 bits per heavy atom. The number of aromatic nitrogens is 2. The van der Waals surface area contributed by atoms with Gasteiger partial charge in [-0.15, -0.1) is 11.8 Å². The number of carbonyl (C=O) groups is 2. The summed E-state index contributed by atoms with van der Waals surface area (Å²) in [6.45, 7) is 6.85. The van der Waals surface area contributed by atoms with Crippen LogP contribution in [-0.2, 0) is 20.0 Å². The molecule has 0 bridgehead atoms. The van der Waals surface area contributed by atoms with Gasteiger partial charge in [0.1, 0.15) is 23.5 Å². The van der Waals surface area contributed by atoms with Crippen molar-refractivity contribution in [1.29, 1.82) is 0 Å². The van der Waals surface area contributed by atoms with Gasteiger partial charge in [0.25, 0.3) is 5.56 Å². The number of hydrogen-bond donors (Lipinski definition) is 2. The summed E-state index contributed by atoms with van der Waals surface area (Å²) in [5, 5.41) is 3.92. The number of esters is 1. The van der Waals surface area contributed by atoms with Gasteiger partial charge in [0, 0.05) is 12.3 Å². The van der Waals surface area contributed by atoms with Gasteiger partial charge in [-0.05, 0) is 45.4 Å². The molecule has 38 heavy (non-hydrogen) atoms. The number of thioether (sulfide) groups is 1. The third-order valence-electron chi connectivity index (χ3n) is 4.71. The molecule has 0 aliphatic rings. The van der Waals surface area contributed by atoms with Crippen molar-refractivity contribution in [2.75, 3.05) is 44.1 Å². The second-order valence-corrected chi connectivity index (χ2v) is 9.90. The monoisotopic (exact) mass is 546 g/mol. The molecule has 2 rings (SSSR count). The zero-order valence-corrected chi connectivity index (χ0v) is 23.1. The van der Waals surface area contributed by atoms with Crippen LogP contribution in [0.15, 0.2) is 40.1 Å². The van der Waals surface area contributed by atoms with E-state index in [0.29, 0.717) is 5.75 Å². The Bertz CT molecular complexity index is 1250. The Morgan fingerprint density at radius 1 is 1.18 bits per heavy atom. The fourth-order valence-corrected chi connectivity index (χ4v) is 3.76. The molecule has 1 aromatic carbocycles. The second-order valence-electron chi connectivity index (χ2n) is 8.91. The number of ether oxygens (including phenoxy) is 3. The first kappa shape index (κ1) is 30.4. The fraction of sp³-hybridized carbons (Fsp3) is 0.462. The van der Waals surface area contributed by atoms with Gasteiger partial charge >= 0.3 is 17.8 Å². The van der Waals surface area contributed by atoms with Crippen molar-refractivity contribution >= 4 is 23.8 Å². The summed E-state index contributed by atoms with van der Waals surface area (Å²) in [4.78, 5) is 51.3. The number of nitrogens with zero attached hydrogens (tertiary/aromatic N) is 2. The van der Waals surface area contributed by atoms with Crippen molar-refractivity contribution in [2.24, 2.45) is 0 Å². The van der Waals surface area contributed by atoms with Crippen molar-refractivity contribution in [1.82, 2.24) is 15.0 Å². The number of benzene rings is 1. The lowest BCUT2D eigenvalue weighted by molar-refractivity contribution is -0.141. The van der Waals surface area contributed by atoms with Crippen LogP contribution in [0.3, 0.4) is 0 Å². The molecule has 0 saturated heterocycles. The van der Waals surface area contributed by atoms with E-state index in [1.165, 1.54) is 11.2 Å². The van der Waals surface area contributed by atoms with E-state index in [4.69, 9.17) is 14.2 Å². The van der Waals surface area contributed by atoms with Gasteiger partial charge in [0.2, 0.25) is 0 Å². The maximum atomic E-state index is 12.6. The van der Waals surface area contributed by atoms with Gasteiger partial charge < -0.3 is 19.5 Å². The van der Waals surface area contributed by atoms with Crippen molar-refractivity contribution < 1.29 is 23.8 Å². The molecule has 1 amide bonds. The van der Waals surface area contributed by atoms with Crippen LogP contribution in [0.25, 0.3) is 0 Å². The molecule has 0 aliphatic carbocycles. The predicted octanol–water partition coefficient (Wildman–Crippen LogP) is 1.86. The summed E-state index contributed by atoms with van der Waals surface area (Å²) >= 11 is 1.57. The maximum absolute atomic E-state index is 12.6. The lowest BCUT2D eigenvalue weighted by Crippen LogP contribution is -2.51. The van der Waals surface area contributed by atoms with E-state index in [-0.39, 0.29) is 31.8 Å². The van der Waals surface area contributed by atoms with Gasteiger partial charge in [-0.25, -0.2) is 14.3 Å². The Balaban J connectivity index is 2.12. The number of carbonyl (C=O) groups excluding carboxylic acids is 2. The average molecular weight is 547 g/mol. The van der Waals surface area contributed by atoms with Crippen molar-refractivity contribution in [3.05, 3.63) is 62.4 Å². The SMILES string of the molecule is CCOC(=O)CN(CCNC(=O)OC(C)(C)C)n1cc(C#CCSCc2ccc(OC)cc2)c(=O)[nH]c1=O. The van der Waals surface area contributed by atoms with Crippen molar-refractivity contribution in [3.8, 4) is 17.6 Å². The number of rotatable bonds is 11. The van der Waals surface area contributed by atoms with Crippen LogP contribution < -0.4 is 26.3 Å². The highest BCUT2D eigenvalue weighted by Gasteiger charge is 2.18. The molecule has 2 aromatic rings. The minimum absolute atomic E-state index is 0.0502. The predicted molar refractivity (Wildman–Crippen MR) is 146 cm³/mol. The number of aromatic amines is 1. The van der Waals surface area contributed by atoms with E-state index >= 15 is 0 Å². The van der Waals surface area contributed by atoms with Gasteiger partial charge in [-0.3, -0.25) is 19.6 Å². The molecule has 2 N–H and O–H groups in total. The van der Waals surface area contributed by atoms with Crippen LogP contribution in [0.1, 0.15) is 38.8 Å². The topological polar surface area (TPSA) is 132 Å². The quantitative estimate of drug-likeness (QED) is 0.246. The van der Waals surface area contributed by atoms with E-state index in [1.807, 2.05) is 24.3 Å². The number of alkyl carbamates (subject to hydrolysis) is 1. The number of nitrogens with one attached hydrogen (secondary N) is 2. The smallest absolute Gasteiger partial charge is 0.407 e. The third-order valence-corrected chi connectivity index (χ3v) is 5.60. The molecule has 0 atom stereocenters. The minimum atomic E-state index is -0.754. The van der Waals surface area contributed by atoms with Crippen LogP contribution in [-0.4, -0.2) is 66.4 Å². The number of hydrogen-bond acceptors (Lipinski definition) is 9. The normalized spacial score (nSPS) is 10.7. The van der Waals surface area contributed by atoms with E-state index in [0.717, 1.165) is 21.7 Å². The summed E-state index contributed by atoms with van der Waals surface area (Å²) in [5.41, 5.74) is -0.898. The maximum Gasteiger partial charge on any atom is 0.407 e. The largest absolute Gasteiger partial charge is 0.497 e. The standard InChI is InChI=1S/C26H34N4O7S/c1-6-36-22(31)17-29(14-13-27-25(34)37-26(2,3)4)30-16-20(23(32)28-24(30)33)8-7-15-38-18-19-9-11-21(35-5)12-10-19/h9-12,16H,6,13-15,17-18H2,1-5H3,(H,27,34)(H,28,32,33). The van der Waals surface area contributed by atoms with E-state index in [1.54, 1.807) is 46.6 Å². The number of methoxy groups -OCH3 is 1. The summed E-state index contributed by atoms with van der Waals surface area (Å²) in [6, 6.07) is 7.70. The van der Waals surface area contributed by atoms with E-state index in [2.05, 4.69) is 22.1 Å². The molecule has 0 saturated carbocycles. The van der Waals surface area contributed by atoms with Gasteiger partial charge in [-0.2, -0.15) is 0 Å². The van der Waals surface area contributed by atoms with E-state index in [9.17, 15) is 19.2 Å². The molecule has 0 fully saturated rings. The lowest BCUT2D eigenvalue weighted by Gasteiger charge is -2.26. The highest BCUT2D eigenvalue weighted by atomic mass is 32.2. The van der Waals surface area contributed by atoms with Crippen LogP contribution in [0, 0.1) is 11.8 Å². The van der Waals surface area contributed by atoms with Crippen LogP contribution in [0.5, 0.6) is 5.75 Å². The second kappa shape index (κ2) is 14.8. The Morgan fingerprint density at radius 3 is 2.53 bits per heavy atom. The molecular weight excluding hydrogens is 512 g/mol. The van der Waals surface area contributed by atoms with Crippen LogP contribution in [0.2, 0.25) is 0 Å². The van der Waals surface area contributed by atoms with Gasteiger partial charge in [-0.1, -0.05) is 24.0 Å². The first-order valence-corrected chi connectivity index (χ1v) is 13.1. The Kier molecular flexibility index (Phi) is 11.8.